The summed E-state index contributed by atoms with van der Waals surface area (Å²) >= 11 is 0. The second kappa shape index (κ2) is 7.68. The molecule has 2 aromatic rings. The van der Waals surface area contributed by atoms with Crippen LogP contribution in [0.1, 0.15) is 0 Å². The molecule has 0 bridgehead atoms. The van der Waals surface area contributed by atoms with E-state index in [0.717, 1.165) is 0 Å². The van der Waals surface area contributed by atoms with Gasteiger partial charge in [0.15, 0.2) is 6.61 Å². The third-order valence-electron chi connectivity index (χ3n) is 2.71. The molecule has 0 atom stereocenters. The Morgan fingerprint density at radius 3 is 2.36 bits per heavy atom. The molecule has 0 unspecified atom stereocenters. The zero-order valence-corrected chi connectivity index (χ0v) is 12.0. The van der Waals surface area contributed by atoms with Crippen molar-refractivity contribution in [2.75, 3.05) is 24.4 Å². The van der Waals surface area contributed by atoms with Gasteiger partial charge in [-0.2, -0.15) is 0 Å². The topological polar surface area (TPSA) is 76.7 Å². The van der Waals surface area contributed by atoms with Crippen LogP contribution in [0.3, 0.4) is 0 Å². The fourth-order valence-electron chi connectivity index (χ4n) is 1.68. The van der Waals surface area contributed by atoms with Crippen molar-refractivity contribution >= 4 is 23.4 Å². The number of hydrogen-bond acceptors (Lipinski definition) is 4. The Balaban J connectivity index is 1.92. The summed E-state index contributed by atoms with van der Waals surface area (Å²) in [4.78, 5) is 22.9. The Bertz CT molecular complexity index is 644. The predicted octanol–water partition coefficient (Wildman–Crippen LogP) is 2.88. The molecule has 2 aromatic carbocycles. The summed E-state index contributed by atoms with van der Waals surface area (Å²) in [7, 11) is 1.29. The standard InChI is InChI=1S/C16H16N2O4/c1-21-15(19)11-22-14-9-5-8-13(10-14)18-16(20)17-12-6-3-2-4-7-12/h2-10H,11H2,1H3,(H2,17,18,20). The molecule has 114 valence electrons. The highest BCUT2D eigenvalue weighted by molar-refractivity contribution is 5.99. The van der Waals surface area contributed by atoms with Crippen molar-refractivity contribution in [3.05, 3.63) is 54.6 Å². The molecule has 2 rings (SSSR count). The SMILES string of the molecule is COC(=O)COc1cccc(NC(=O)Nc2ccccc2)c1. The van der Waals surface area contributed by atoms with E-state index >= 15 is 0 Å². The zero-order chi connectivity index (χ0) is 15.8. The Morgan fingerprint density at radius 1 is 0.955 bits per heavy atom. The van der Waals surface area contributed by atoms with Crippen molar-refractivity contribution in [1.29, 1.82) is 0 Å². The van der Waals surface area contributed by atoms with Crippen LogP contribution in [0.2, 0.25) is 0 Å². The van der Waals surface area contributed by atoms with Gasteiger partial charge in [-0.25, -0.2) is 9.59 Å². The van der Waals surface area contributed by atoms with Crippen molar-refractivity contribution in [3.8, 4) is 5.75 Å². The average Bonchev–Trinajstić information content (AvgIpc) is 2.53. The molecule has 0 aliphatic carbocycles. The molecule has 0 radical (unpaired) electrons. The molecule has 6 heteroatoms. The molecule has 0 aromatic heterocycles. The van der Waals surface area contributed by atoms with Crippen molar-refractivity contribution in [2.24, 2.45) is 0 Å². The summed E-state index contributed by atoms with van der Waals surface area (Å²) < 4.78 is 9.74. The maximum atomic E-state index is 11.9. The minimum atomic E-state index is -0.472. The summed E-state index contributed by atoms with van der Waals surface area (Å²) in [5.74, 6) is -0.0110. The lowest BCUT2D eigenvalue weighted by molar-refractivity contribution is -0.142. The molecule has 0 saturated carbocycles. The van der Waals surface area contributed by atoms with E-state index in [2.05, 4.69) is 15.4 Å². The van der Waals surface area contributed by atoms with Gasteiger partial charge in [-0.05, 0) is 24.3 Å². The summed E-state index contributed by atoms with van der Waals surface area (Å²) in [6, 6.07) is 15.5. The Hall–Kier alpha value is -3.02. The molecule has 0 heterocycles. The van der Waals surface area contributed by atoms with Gasteiger partial charge < -0.3 is 20.1 Å². The van der Waals surface area contributed by atoms with E-state index in [-0.39, 0.29) is 12.6 Å². The Kier molecular flexibility index (Phi) is 5.37. The summed E-state index contributed by atoms with van der Waals surface area (Å²) in [5, 5.41) is 5.39. The number of esters is 1. The minimum Gasteiger partial charge on any atom is -0.482 e. The van der Waals surface area contributed by atoms with Crippen molar-refractivity contribution in [3.63, 3.8) is 0 Å². The maximum Gasteiger partial charge on any atom is 0.343 e. The molecule has 0 aliphatic heterocycles. The molecule has 0 saturated heterocycles. The maximum absolute atomic E-state index is 11.9. The highest BCUT2D eigenvalue weighted by Crippen LogP contribution is 2.17. The van der Waals surface area contributed by atoms with Crippen LogP contribution in [0, 0.1) is 0 Å². The monoisotopic (exact) mass is 300 g/mol. The number of nitrogens with one attached hydrogen (secondary N) is 2. The average molecular weight is 300 g/mol. The number of hydrogen-bond donors (Lipinski definition) is 2. The molecular formula is C16H16N2O4. The number of carbonyl (C=O) groups excluding carboxylic acids is 2. The number of carbonyl (C=O) groups is 2. The van der Waals surface area contributed by atoms with E-state index in [1.165, 1.54) is 7.11 Å². The van der Waals surface area contributed by atoms with Crippen LogP contribution in [-0.4, -0.2) is 25.7 Å². The van der Waals surface area contributed by atoms with Gasteiger partial charge in [-0.3, -0.25) is 0 Å². The van der Waals surface area contributed by atoms with Crippen molar-refractivity contribution in [2.45, 2.75) is 0 Å². The lowest BCUT2D eigenvalue weighted by Gasteiger charge is -2.09. The number of ether oxygens (including phenoxy) is 2. The third-order valence-corrected chi connectivity index (χ3v) is 2.71. The fourth-order valence-corrected chi connectivity index (χ4v) is 1.68. The third kappa shape index (κ3) is 4.82. The largest absolute Gasteiger partial charge is 0.482 e. The first-order valence-electron chi connectivity index (χ1n) is 6.60. The van der Waals surface area contributed by atoms with Crippen LogP contribution in [0.4, 0.5) is 16.2 Å². The van der Waals surface area contributed by atoms with E-state index in [1.54, 1.807) is 36.4 Å². The Labute approximate surface area is 128 Å². The van der Waals surface area contributed by atoms with E-state index in [4.69, 9.17) is 4.74 Å². The first-order valence-corrected chi connectivity index (χ1v) is 6.60. The molecule has 0 spiro atoms. The molecule has 2 amide bonds. The van der Waals surface area contributed by atoms with E-state index < -0.39 is 5.97 Å². The number of anilines is 2. The molecular weight excluding hydrogens is 284 g/mol. The zero-order valence-electron chi connectivity index (χ0n) is 12.0. The van der Waals surface area contributed by atoms with Crippen LogP contribution >= 0.6 is 0 Å². The quantitative estimate of drug-likeness (QED) is 0.832. The van der Waals surface area contributed by atoms with E-state index in [1.807, 2.05) is 18.2 Å². The van der Waals surface area contributed by atoms with E-state index in [0.29, 0.717) is 17.1 Å². The lowest BCUT2D eigenvalue weighted by Crippen LogP contribution is -2.19. The predicted molar refractivity (Wildman–Crippen MR) is 83.0 cm³/mol. The van der Waals surface area contributed by atoms with Crippen LogP contribution in [0.5, 0.6) is 5.75 Å². The van der Waals surface area contributed by atoms with Crippen molar-refractivity contribution in [1.82, 2.24) is 0 Å². The van der Waals surface area contributed by atoms with E-state index in [9.17, 15) is 9.59 Å². The molecule has 0 aliphatic rings. The summed E-state index contributed by atoms with van der Waals surface area (Å²) in [6.07, 6.45) is 0. The lowest BCUT2D eigenvalue weighted by atomic mass is 10.3. The van der Waals surface area contributed by atoms with Gasteiger partial charge in [0.1, 0.15) is 5.75 Å². The number of urea groups is 1. The number of para-hydroxylation sites is 1. The smallest absolute Gasteiger partial charge is 0.343 e. The first-order chi connectivity index (χ1) is 10.7. The van der Waals surface area contributed by atoms with Crippen molar-refractivity contribution < 1.29 is 19.1 Å². The van der Waals surface area contributed by atoms with Gasteiger partial charge in [0.2, 0.25) is 0 Å². The van der Waals surface area contributed by atoms with Gasteiger partial charge in [-0.15, -0.1) is 0 Å². The second-order valence-electron chi connectivity index (χ2n) is 4.34. The van der Waals surface area contributed by atoms with Gasteiger partial charge >= 0.3 is 12.0 Å². The van der Waals surface area contributed by atoms with Gasteiger partial charge in [0.05, 0.1) is 7.11 Å². The van der Waals surface area contributed by atoms with Gasteiger partial charge in [-0.1, -0.05) is 24.3 Å². The minimum absolute atomic E-state index is 0.184. The number of methoxy groups -OCH3 is 1. The molecule has 0 fully saturated rings. The summed E-state index contributed by atoms with van der Waals surface area (Å²) in [6.45, 7) is -0.184. The Morgan fingerprint density at radius 2 is 1.64 bits per heavy atom. The van der Waals surface area contributed by atoms with Crippen LogP contribution in [0.15, 0.2) is 54.6 Å². The van der Waals surface area contributed by atoms with Crippen LogP contribution in [-0.2, 0) is 9.53 Å². The van der Waals surface area contributed by atoms with Crippen LogP contribution in [0.25, 0.3) is 0 Å². The normalized spacial score (nSPS) is 9.68. The van der Waals surface area contributed by atoms with Crippen LogP contribution < -0.4 is 15.4 Å². The first kappa shape index (κ1) is 15.4. The number of amides is 2. The highest BCUT2D eigenvalue weighted by Gasteiger charge is 2.05. The van der Waals surface area contributed by atoms with Gasteiger partial charge in [0, 0.05) is 17.4 Å². The fraction of sp³-hybridized carbons (Fsp3) is 0.125. The summed E-state index contributed by atoms with van der Waals surface area (Å²) in [5.41, 5.74) is 1.24. The molecule has 22 heavy (non-hydrogen) atoms. The van der Waals surface area contributed by atoms with Gasteiger partial charge in [0.25, 0.3) is 0 Å². The molecule has 6 nitrogen and oxygen atoms in total. The molecule has 2 N–H and O–H groups in total. The highest BCUT2D eigenvalue weighted by atomic mass is 16.6. The number of rotatable bonds is 5. The number of benzene rings is 2. The second-order valence-corrected chi connectivity index (χ2v) is 4.34.